The smallest absolute Gasteiger partial charge is 0.323 e. The molecule has 4 heteroatoms. The molecule has 116 valence electrons. The summed E-state index contributed by atoms with van der Waals surface area (Å²) in [6.07, 6.45) is 0.699. The molecule has 0 fully saturated rings. The number of carbonyl (C=O) groups is 1. The lowest BCUT2D eigenvalue weighted by Crippen LogP contribution is -2.42. The third-order valence-electron chi connectivity index (χ3n) is 3.83. The Bertz CT molecular complexity index is 643. The monoisotopic (exact) mass is 317 g/mol. The fraction of sp³-hybridized carbons (Fsp3) is 0.278. The Balaban J connectivity index is 0.00000176. The molecule has 3 rings (SSSR count). The lowest BCUT2D eigenvalue weighted by atomic mass is 9.94. The molecular formula is C18H20ClNO2. The summed E-state index contributed by atoms with van der Waals surface area (Å²) in [5, 5.41) is 3.26. The first-order valence-electron chi connectivity index (χ1n) is 7.25. The van der Waals surface area contributed by atoms with E-state index in [-0.39, 0.29) is 24.4 Å². The van der Waals surface area contributed by atoms with E-state index in [0.717, 1.165) is 12.1 Å². The Hall–Kier alpha value is -1.84. The molecule has 0 aliphatic carbocycles. The fourth-order valence-electron chi connectivity index (χ4n) is 2.64. The molecule has 1 atom stereocenters. The van der Waals surface area contributed by atoms with Gasteiger partial charge in [-0.3, -0.25) is 4.79 Å². The number of rotatable bonds is 3. The molecule has 1 heterocycles. The van der Waals surface area contributed by atoms with Gasteiger partial charge in [-0.15, -0.1) is 12.4 Å². The SMILES string of the molecule is Cc1ccc2c(c1)C[C@@H](C(=O)OCc1ccccc1)NC2.Cl. The molecule has 0 bridgehead atoms. The average Bonchev–Trinajstić information content (AvgIpc) is 2.53. The maximum Gasteiger partial charge on any atom is 0.323 e. The Kier molecular flexibility index (Phi) is 5.58. The van der Waals surface area contributed by atoms with E-state index in [2.05, 4.69) is 30.4 Å². The first-order chi connectivity index (χ1) is 10.2. The van der Waals surface area contributed by atoms with Crippen LogP contribution in [0.15, 0.2) is 48.5 Å². The van der Waals surface area contributed by atoms with Crippen LogP contribution in [0.25, 0.3) is 0 Å². The standard InChI is InChI=1S/C18H19NO2.ClH/c1-13-7-8-15-11-19-17(10-16(15)9-13)18(20)21-12-14-5-3-2-4-6-14;/h2-9,17,19H,10-12H2,1H3;1H/t17-;/m0./s1. The Morgan fingerprint density at radius 3 is 2.73 bits per heavy atom. The van der Waals surface area contributed by atoms with E-state index in [1.54, 1.807) is 0 Å². The largest absolute Gasteiger partial charge is 0.460 e. The lowest BCUT2D eigenvalue weighted by Gasteiger charge is -2.25. The number of nitrogens with one attached hydrogen (secondary N) is 1. The zero-order chi connectivity index (χ0) is 14.7. The van der Waals surface area contributed by atoms with Gasteiger partial charge in [-0.25, -0.2) is 0 Å². The van der Waals surface area contributed by atoms with Crippen molar-refractivity contribution < 1.29 is 9.53 Å². The predicted octanol–water partition coefficient (Wildman–Crippen LogP) is 3.17. The maximum absolute atomic E-state index is 12.2. The average molecular weight is 318 g/mol. The molecule has 0 spiro atoms. The van der Waals surface area contributed by atoms with Gasteiger partial charge in [0.15, 0.2) is 0 Å². The van der Waals surface area contributed by atoms with Gasteiger partial charge in [0.1, 0.15) is 12.6 Å². The van der Waals surface area contributed by atoms with Crippen LogP contribution in [0, 0.1) is 6.92 Å². The summed E-state index contributed by atoms with van der Waals surface area (Å²) in [5.41, 5.74) is 4.76. The third-order valence-corrected chi connectivity index (χ3v) is 3.83. The van der Waals surface area contributed by atoms with Crippen molar-refractivity contribution in [3.8, 4) is 0 Å². The molecule has 0 aromatic heterocycles. The number of fused-ring (bicyclic) bond motifs is 1. The zero-order valence-corrected chi connectivity index (χ0v) is 13.4. The van der Waals surface area contributed by atoms with Gasteiger partial charge in [0.25, 0.3) is 0 Å². The van der Waals surface area contributed by atoms with Crippen molar-refractivity contribution in [2.45, 2.75) is 32.5 Å². The van der Waals surface area contributed by atoms with Crippen LogP contribution < -0.4 is 5.32 Å². The highest BCUT2D eigenvalue weighted by molar-refractivity contribution is 5.85. The normalized spacial score (nSPS) is 16.3. The van der Waals surface area contributed by atoms with Crippen LogP contribution in [0.2, 0.25) is 0 Å². The number of carbonyl (C=O) groups excluding carboxylic acids is 1. The van der Waals surface area contributed by atoms with Gasteiger partial charge in [-0.05, 0) is 30.0 Å². The van der Waals surface area contributed by atoms with E-state index in [4.69, 9.17) is 4.74 Å². The van der Waals surface area contributed by atoms with Crippen LogP contribution >= 0.6 is 12.4 Å². The third kappa shape index (κ3) is 3.87. The quantitative estimate of drug-likeness (QED) is 0.884. The van der Waals surface area contributed by atoms with Crippen molar-refractivity contribution in [2.75, 3.05) is 0 Å². The zero-order valence-electron chi connectivity index (χ0n) is 12.5. The van der Waals surface area contributed by atoms with Crippen molar-refractivity contribution >= 4 is 18.4 Å². The predicted molar refractivity (Wildman–Crippen MR) is 89.0 cm³/mol. The van der Waals surface area contributed by atoms with Gasteiger partial charge in [-0.2, -0.15) is 0 Å². The summed E-state index contributed by atoms with van der Waals surface area (Å²) < 4.78 is 5.41. The van der Waals surface area contributed by atoms with Gasteiger partial charge in [0.05, 0.1) is 0 Å². The van der Waals surface area contributed by atoms with Crippen LogP contribution in [-0.2, 0) is 29.1 Å². The molecule has 3 nitrogen and oxygen atoms in total. The molecule has 1 aliphatic heterocycles. The number of benzene rings is 2. The summed E-state index contributed by atoms with van der Waals surface area (Å²) in [5.74, 6) is -0.175. The number of hydrogen-bond donors (Lipinski definition) is 1. The van der Waals surface area contributed by atoms with E-state index in [1.807, 2.05) is 30.3 Å². The highest BCUT2D eigenvalue weighted by Gasteiger charge is 2.25. The van der Waals surface area contributed by atoms with Crippen molar-refractivity contribution in [3.63, 3.8) is 0 Å². The second-order valence-corrected chi connectivity index (χ2v) is 5.50. The summed E-state index contributed by atoms with van der Waals surface area (Å²) in [7, 11) is 0. The number of hydrogen-bond acceptors (Lipinski definition) is 3. The summed E-state index contributed by atoms with van der Waals surface area (Å²) in [6, 6.07) is 15.9. The highest BCUT2D eigenvalue weighted by Crippen LogP contribution is 2.19. The summed E-state index contributed by atoms with van der Waals surface area (Å²) >= 11 is 0. The molecule has 2 aromatic carbocycles. The Labute approximate surface area is 137 Å². The van der Waals surface area contributed by atoms with Gasteiger partial charge >= 0.3 is 5.97 Å². The maximum atomic E-state index is 12.2. The van der Waals surface area contributed by atoms with Gasteiger partial charge in [0, 0.05) is 6.54 Å². The lowest BCUT2D eigenvalue weighted by molar-refractivity contribution is -0.147. The van der Waals surface area contributed by atoms with Gasteiger partial charge in [-0.1, -0.05) is 54.1 Å². The molecule has 0 saturated heterocycles. The topological polar surface area (TPSA) is 38.3 Å². The van der Waals surface area contributed by atoms with Crippen molar-refractivity contribution in [1.82, 2.24) is 5.32 Å². The second kappa shape index (κ2) is 7.43. The van der Waals surface area contributed by atoms with Crippen LogP contribution in [-0.4, -0.2) is 12.0 Å². The van der Waals surface area contributed by atoms with E-state index in [0.29, 0.717) is 13.0 Å². The van der Waals surface area contributed by atoms with Crippen molar-refractivity contribution in [2.24, 2.45) is 0 Å². The first kappa shape index (κ1) is 16.5. The van der Waals surface area contributed by atoms with Crippen LogP contribution in [0.1, 0.15) is 22.3 Å². The molecule has 1 N–H and O–H groups in total. The minimum absolute atomic E-state index is 0. The molecular weight excluding hydrogens is 298 g/mol. The molecule has 0 radical (unpaired) electrons. The summed E-state index contributed by atoms with van der Waals surface area (Å²) in [6.45, 7) is 3.13. The van der Waals surface area contributed by atoms with E-state index in [1.165, 1.54) is 16.7 Å². The summed E-state index contributed by atoms with van der Waals surface area (Å²) in [4.78, 5) is 12.2. The fourth-order valence-corrected chi connectivity index (χ4v) is 2.64. The Morgan fingerprint density at radius 2 is 1.95 bits per heavy atom. The molecule has 0 unspecified atom stereocenters. The van der Waals surface area contributed by atoms with E-state index < -0.39 is 0 Å². The Morgan fingerprint density at radius 1 is 1.18 bits per heavy atom. The number of aryl methyl sites for hydroxylation is 1. The number of esters is 1. The van der Waals surface area contributed by atoms with Crippen molar-refractivity contribution in [1.29, 1.82) is 0 Å². The minimum atomic E-state index is -0.247. The molecule has 0 saturated carbocycles. The van der Waals surface area contributed by atoms with Crippen LogP contribution in [0.3, 0.4) is 0 Å². The molecule has 1 aliphatic rings. The molecule has 2 aromatic rings. The van der Waals surface area contributed by atoms with Crippen molar-refractivity contribution in [3.05, 3.63) is 70.8 Å². The van der Waals surface area contributed by atoms with Crippen LogP contribution in [0.4, 0.5) is 0 Å². The number of ether oxygens (including phenoxy) is 1. The van der Waals surface area contributed by atoms with E-state index >= 15 is 0 Å². The minimum Gasteiger partial charge on any atom is -0.460 e. The van der Waals surface area contributed by atoms with Gasteiger partial charge in [0.2, 0.25) is 0 Å². The van der Waals surface area contributed by atoms with Crippen LogP contribution in [0.5, 0.6) is 0 Å². The second-order valence-electron chi connectivity index (χ2n) is 5.50. The first-order valence-corrected chi connectivity index (χ1v) is 7.25. The van der Waals surface area contributed by atoms with E-state index in [9.17, 15) is 4.79 Å². The molecule has 22 heavy (non-hydrogen) atoms. The molecule has 0 amide bonds. The number of halogens is 1. The van der Waals surface area contributed by atoms with Gasteiger partial charge < -0.3 is 10.1 Å². The highest BCUT2D eigenvalue weighted by atomic mass is 35.5.